The highest BCUT2D eigenvalue weighted by Gasteiger charge is 2.58. The average molecular weight is 442 g/mol. The van der Waals surface area contributed by atoms with Gasteiger partial charge in [-0.2, -0.15) is 13.2 Å². The molecule has 1 aromatic heterocycles. The number of aliphatic hydroxyl groups is 1. The Morgan fingerprint density at radius 3 is 2.42 bits per heavy atom. The number of halogens is 4. The van der Waals surface area contributed by atoms with E-state index in [4.69, 9.17) is 0 Å². The number of aromatic nitrogens is 2. The lowest BCUT2D eigenvalue weighted by atomic mass is 9.96. The van der Waals surface area contributed by atoms with Crippen LogP contribution < -0.4 is 5.32 Å². The summed E-state index contributed by atoms with van der Waals surface area (Å²) in [6.07, 6.45) is -3.43. The fraction of sp³-hybridized carbons (Fsp3) is 0.450. The topological polar surface area (TPSA) is 87.5 Å². The van der Waals surface area contributed by atoms with Crippen LogP contribution in [0.2, 0.25) is 0 Å². The molecule has 1 aliphatic heterocycles. The van der Waals surface area contributed by atoms with Gasteiger partial charge in [0.2, 0.25) is 11.5 Å². The van der Waals surface area contributed by atoms with Gasteiger partial charge in [0.25, 0.3) is 5.91 Å². The molecule has 168 valence electrons. The molecule has 1 fully saturated rings. The summed E-state index contributed by atoms with van der Waals surface area (Å²) in [6.45, 7) is 0.419. The summed E-state index contributed by atoms with van der Waals surface area (Å²) in [5.41, 5.74) is -3.49. The Balaban J connectivity index is 1.60. The maximum Gasteiger partial charge on any atom is 0.425 e. The molecule has 1 saturated heterocycles. The molecule has 0 radical (unpaired) electrons. The lowest BCUT2D eigenvalue weighted by molar-refractivity contribution is -0.271. The number of amides is 2. The first-order chi connectivity index (χ1) is 14.5. The van der Waals surface area contributed by atoms with Gasteiger partial charge >= 0.3 is 6.18 Å². The number of alkyl halides is 3. The predicted molar refractivity (Wildman–Crippen MR) is 101 cm³/mol. The molecule has 3 rings (SSSR count). The van der Waals surface area contributed by atoms with E-state index in [0.717, 1.165) is 10.8 Å². The summed E-state index contributed by atoms with van der Waals surface area (Å²) < 4.78 is 55.5. The highest BCUT2D eigenvalue weighted by atomic mass is 19.4. The van der Waals surface area contributed by atoms with Crippen LogP contribution >= 0.6 is 0 Å². The zero-order chi connectivity index (χ0) is 22.8. The smallest absolute Gasteiger partial charge is 0.374 e. The summed E-state index contributed by atoms with van der Waals surface area (Å²) in [6, 6.07) is 5.11. The molecule has 0 spiro atoms. The monoisotopic (exact) mass is 442 g/mol. The van der Waals surface area contributed by atoms with Crippen molar-refractivity contribution in [3.63, 3.8) is 0 Å². The van der Waals surface area contributed by atoms with Crippen molar-refractivity contribution in [2.45, 2.75) is 37.1 Å². The Morgan fingerprint density at radius 1 is 1.23 bits per heavy atom. The number of carbonyl (C=O) groups excluding carboxylic acids is 2. The van der Waals surface area contributed by atoms with Crippen LogP contribution in [0.15, 0.2) is 36.7 Å². The normalized spacial score (nSPS) is 17.3. The van der Waals surface area contributed by atoms with Crippen molar-refractivity contribution in [1.29, 1.82) is 0 Å². The number of rotatable bonds is 5. The second kappa shape index (κ2) is 8.66. The van der Waals surface area contributed by atoms with Crippen molar-refractivity contribution in [1.82, 2.24) is 19.8 Å². The molecule has 2 amide bonds. The third-order valence-electron chi connectivity index (χ3n) is 5.33. The first-order valence-corrected chi connectivity index (χ1v) is 9.63. The van der Waals surface area contributed by atoms with E-state index >= 15 is 0 Å². The quantitative estimate of drug-likeness (QED) is 0.695. The SMILES string of the molecule is Cn1ccnc1C(O)(CC(=O)NC1CCN(C(=O)c2ccccc2F)CC1)C(F)(F)F. The fourth-order valence-corrected chi connectivity index (χ4v) is 3.61. The van der Waals surface area contributed by atoms with Gasteiger partial charge in [0, 0.05) is 38.6 Å². The lowest BCUT2D eigenvalue weighted by Crippen LogP contribution is -2.51. The summed E-state index contributed by atoms with van der Waals surface area (Å²) in [5, 5.41) is 12.8. The largest absolute Gasteiger partial charge is 0.425 e. The number of hydrogen-bond donors (Lipinski definition) is 2. The van der Waals surface area contributed by atoms with Gasteiger partial charge in [0.15, 0.2) is 5.82 Å². The minimum absolute atomic E-state index is 0.0599. The number of imidazole rings is 1. The average Bonchev–Trinajstić information content (AvgIpc) is 3.14. The van der Waals surface area contributed by atoms with Crippen molar-refractivity contribution in [2.75, 3.05) is 13.1 Å². The van der Waals surface area contributed by atoms with Crippen molar-refractivity contribution in [3.05, 3.63) is 53.9 Å². The maximum absolute atomic E-state index is 13.8. The molecular weight excluding hydrogens is 420 g/mol. The van der Waals surface area contributed by atoms with Crippen molar-refractivity contribution >= 4 is 11.8 Å². The molecule has 2 heterocycles. The number of nitrogens with one attached hydrogen (secondary N) is 1. The summed E-state index contributed by atoms with van der Waals surface area (Å²) in [7, 11) is 1.29. The van der Waals surface area contributed by atoms with E-state index in [2.05, 4.69) is 10.3 Å². The molecule has 0 bridgehead atoms. The third kappa shape index (κ3) is 4.71. The Morgan fingerprint density at radius 2 is 1.87 bits per heavy atom. The van der Waals surface area contributed by atoms with Gasteiger partial charge in [-0.15, -0.1) is 0 Å². The van der Waals surface area contributed by atoms with E-state index < -0.39 is 47.7 Å². The first-order valence-electron chi connectivity index (χ1n) is 9.63. The van der Waals surface area contributed by atoms with Gasteiger partial charge in [-0.1, -0.05) is 12.1 Å². The van der Waals surface area contributed by atoms with Crippen LogP contribution in [0.5, 0.6) is 0 Å². The van der Waals surface area contributed by atoms with Crippen molar-refractivity contribution in [2.24, 2.45) is 7.05 Å². The number of hydrogen-bond acceptors (Lipinski definition) is 4. The molecule has 11 heteroatoms. The zero-order valence-corrected chi connectivity index (χ0v) is 16.7. The molecule has 1 aromatic carbocycles. The second-order valence-corrected chi connectivity index (χ2v) is 7.51. The van der Waals surface area contributed by atoms with Crippen LogP contribution in [0.4, 0.5) is 17.6 Å². The van der Waals surface area contributed by atoms with Crippen molar-refractivity contribution in [3.8, 4) is 0 Å². The number of aryl methyl sites for hydroxylation is 1. The van der Waals surface area contributed by atoms with Crippen LogP contribution in [0.3, 0.4) is 0 Å². The van der Waals surface area contributed by atoms with Crippen LogP contribution in [-0.4, -0.2) is 56.7 Å². The van der Waals surface area contributed by atoms with Crippen LogP contribution in [0.1, 0.15) is 35.4 Å². The molecule has 31 heavy (non-hydrogen) atoms. The lowest BCUT2D eigenvalue weighted by Gasteiger charge is -2.34. The van der Waals surface area contributed by atoms with Gasteiger partial charge in [0.05, 0.1) is 12.0 Å². The zero-order valence-electron chi connectivity index (χ0n) is 16.7. The van der Waals surface area contributed by atoms with E-state index in [1.54, 1.807) is 6.07 Å². The van der Waals surface area contributed by atoms with E-state index in [9.17, 15) is 32.3 Å². The Hall–Kier alpha value is -2.95. The van der Waals surface area contributed by atoms with Gasteiger partial charge in [-0.25, -0.2) is 9.37 Å². The van der Waals surface area contributed by atoms with Gasteiger partial charge in [0.1, 0.15) is 5.82 Å². The number of nitrogens with zero attached hydrogens (tertiary/aromatic N) is 3. The van der Waals surface area contributed by atoms with Crippen molar-refractivity contribution < 1.29 is 32.3 Å². The number of carbonyl (C=O) groups is 2. The minimum Gasteiger partial charge on any atom is -0.374 e. The standard InChI is InChI=1S/C20H22F4N4O3/c1-27-11-8-25-18(27)19(31,20(22,23)24)12-16(29)26-13-6-9-28(10-7-13)17(30)14-4-2-3-5-15(14)21/h2-5,8,11,13,31H,6-7,9-10,12H2,1H3,(H,26,29). The van der Waals surface area contributed by atoms with Crippen LogP contribution in [0, 0.1) is 5.82 Å². The summed E-state index contributed by atoms with van der Waals surface area (Å²) >= 11 is 0. The molecule has 1 aliphatic rings. The van der Waals surface area contributed by atoms with Crippen LogP contribution in [0.25, 0.3) is 0 Å². The van der Waals surface area contributed by atoms with Gasteiger partial charge < -0.3 is 19.9 Å². The molecule has 0 aliphatic carbocycles. The first kappa shape index (κ1) is 22.7. The Bertz CT molecular complexity index is 954. The number of piperidine rings is 1. The molecule has 2 aromatic rings. The Kier molecular flexibility index (Phi) is 6.35. The van der Waals surface area contributed by atoms with Gasteiger partial charge in [-0.05, 0) is 25.0 Å². The maximum atomic E-state index is 13.8. The minimum atomic E-state index is -5.11. The fourth-order valence-electron chi connectivity index (χ4n) is 3.61. The number of benzene rings is 1. The molecule has 1 unspecified atom stereocenters. The highest BCUT2D eigenvalue weighted by Crippen LogP contribution is 2.40. The Labute approximate surface area is 175 Å². The van der Waals surface area contributed by atoms with E-state index in [1.165, 1.54) is 36.3 Å². The second-order valence-electron chi connectivity index (χ2n) is 7.51. The third-order valence-corrected chi connectivity index (χ3v) is 5.33. The predicted octanol–water partition coefficient (Wildman–Crippen LogP) is 2.12. The summed E-state index contributed by atoms with van der Waals surface area (Å²) in [5.74, 6) is -2.78. The molecule has 2 N–H and O–H groups in total. The number of likely N-dealkylation sites (tertiary alicyclic amines) is 1. The molecule has 7 nitrogen and oxygen atoms in total. The highest BCUT2D eigenvalue weighted by molar-refractivity contribution is 5.94. The van der Waals surface area contributed by atoms with E-state index in [1.807, 2.05) is 0 Å². The van der Waals surface area contributed by atoms with Gasteiger partial charge in [-0.3, -0.25) is 9.59 Å². The molecule has 0 saturated carbocycles. The van der Waals surface area contributed by atoms with E-state index in [0.29, 0.717) is 12.8 Å². The van der Waals surface area contributed by atoms with E-state index in [-0.39, 0.29) is 18.7 Å². The molecular formula is C20H22F4N4O3. The van der Waals surface area contributed by atoms with Crippen LogP contribution in [-0.2, 0) is 17.4 Å². The summed E-state index contributed by atoms with van der Waals surface area (Å²) in [4.78, 5) is 29.8. The molecule has 1 atom stereocenters.